The number of nitrogen functional groups attached to an aromatic ring is 1. The summed E-state index contributed by atoms with van der Waals surface area (Å²) in [7, 11) is -3.80. The van der Waals surface area contributed by atoms with E-state index < -0.39 is 10.0 Å². The van der Waals surface area contributed by atoms with Crippen molar-refractivity contribution in [2.24, 2.45) is 5.92 Å². The van der Waals surface area contributed by atoms with Crippen LogP contribution >= 0.6 is 15.9 Å². The number of rotatable bonds is 6. The maximum Gasteiger partial charge on any atom is 0.244 e. The van der Waals surface area contributed by atoms with Crippen LogP contribution in [0.1, 0.15) is 39.0 Å². The molecule has 0 aromatic carbocycles. The Hall–Kier alpha value is -1.19. The maximum absolute atomic E-state index is 12.2. The Balaban J connectivity index is 1.86. The highest BCUT2D eigenvalue weighted by Crippen LogP contribution is 2.23. The van der Waals surface area contributed by atoms with Gasteiger partial charge in [0.05, 0.1) is 0 Å². The van der Waals surface area contributed by atoms with E-state index in [0.29, 0.717) is 10.4 Å². The Morgan fingerprint density at radius 2 is 2.12 bits per heavy atom. The molecule has 1 heterocycles. The predicted molar refractivity (Wildman–Crippen MR) is 95.7 cm³/mol. The molecule has 0 aliphatic heterocycles. The van der Waals surface area contributed by atoms with Gasteiger partial charge in [0.15, 0.2) is 0 Å². The van der Waals surface area contributed by atoms with Crippen LogP contribution in [0.3, 0.4) is 0 Å². The Kier molecular flexibility index (Phi) is 6.59. The van der Waals surface area contributed by atoms with Crippen LogP contribution in [0.2, 0.25) is 0 Å². The number of halogens is 1. The van der Waals surface area contributed by atoms with E-state index in [9.17, 15) is 13.2 Å². The molecule has 24 heavy (non-hydrogen) atoms. The molecule has 0 saturated heterocycles. The van der Waals surface area contributed by atoms with E-state index >= 15 is 0 Å². The van der Waals surface area contributed by atoms with Gasteiger partial charge in [-0.25, -0.2) is 18.1 Å². The molecule has 0 radical (unpaired) electrons. The number of aromatic nitrogens is 1. The molecule has 1 aliphatic rings. The second kappa shape index (κ2) is 8.26. The van der Waals surface area contributed by atoms with Gasteiger partial charge >= 0.3 is 0 Å². The first-order valence-electron chi connectivity index (χ1n) is 7.99. The zero-order valence-corrected chi connectivity index (χ0v) is 16.0. The lowest BCUT2D eigenvalue weighted by molar-refractivity contribution is -0.122. The smallest absolute Gasteiger partial charge is 0.244 e. The first-order valence-corrected chi connectivity index (χ1v) is 10.3. The molecular formula is C15H23BrN4O3S. The quantitative estimate of drug-likeness (QED) is 0.651. The van der Waals surface area contributed by atoms with Gasteiger partial charge in [0.1, 0.15) is 10.7 Å². The molecule has 2 rings (SSSR count). The van der Waals surface area contributed by atoms with Gasteiger partial charge in [-0.2, -0.15) is 0 Å². The number of hydrogen-bond acceptors (Lipinski definition) is 5. The second-order valence-corrected chi connectivity index (χ2v) is 8.77. The van der Waals surface area contributed by atoms with Crippen LogP contribution in [-0.4, -0.2) is 31.9 Å². The number of sulfonamides is 1. The number of nitrogens with two attached hydrogens (primary N) is 1. The zero-order valence-electron chi connectivity index (χ0n) is 13.6. The largest absolute Gasteiger partial charge is 0.383 e. The Morgan fingerprint density at radius 3 is 2.83 bits per heavy atom. The predicted octanol–water partition coefficient (Wildman–Crippen LogP) is 1.79. The number of nitrogens with zero attached hydrogens (tertiary/aromatic N) is 1. The van der Waals surface area contributed by atoms with Crippen LogP contribution in [-0.2, 0) is 14.8 Å². The highest BCUT2D eigenvalue weighted by atomic mass is 79.9. The van der Waals surface area contributed by atoms with Crippen LogP contribution < -0.4 is 15.8 Å². The van der Waals surface area contributed by atoms with Crippen molar-refractivity contribution in [2.45, 2.75) is 50.0 Å². The number of hydrogen-bond donors (Lipinski definition) is 3. The Bertz CT molecular complexity index is 696. The molecule has 4 N–H and O–H groups in total. The van der Waals surface area contributed by atoms with E-state index in [-0.39, 0.29) is 35.6 Å². The molecule has 1 fully saturated rings. The van der Waals surface area contributed by atoms with Crippen LogP contribution in [0, 0.1) is 5.92 Å². The van der Waals surface area contributed by atoms with Gasteiger partial charge in [0, 0.05) is 29.7 Å². The minimum Gasteiger partial charge on any atom is -0.383 e. The summed E-state index contributed by atoms with van der Waals surface area (Å²) in [4.78, 5) is 15.7. The van der Waals surface area contributed by atoms with Crippen LogP contribution in [0.25, 0.3) is 0 Å². The topological polar surface area (TPSA) is 114 Å². The summed E-state index contributed by atoms with van der Waals surface area (Å²) in [5.74, 6) is 0.245. The van der Waals surface area contributed by atoms with Gasteiger partial charge < -0.3 is 11.1 Å². The molecular weight excluding hydrogens is 396 g/mol. The van der Waals surface area contributed by atoms with Crippen molar-refractivity contribution in [3.05, 3.63) is 16.7 Å². The number of pyridine rings is 1. The molecule has 7 nitrogen and oxygen atoms in total. The molecule has 0 unspecified atom stereocenters. The highest BCUT2D eigenvalue weighted by molar-refractivity contribution is 9.10. The molecule has 1 aliphatic carbocycles. The van der Waals surface area contributed by atoms with Gasteiger partial charge in [-0.3, -0.25) is 4.79 Å². The van der Waals surface area contributed by atoms with Crippen molar-refractivity contribution in [3.63, 3.8) is 0 Å². The number of nitrogens with one attached hydrogen (secondary N) is 2. The molecule has 9 heteroatoms. The van der Waals surface area contributed by atoms with E-state index in [1.807, 2.05) is 0 Å². The van der Waals surface area contributed by atoms with Gasteiger partial charge in [0.2, 0.25) is 15.9 Å². The zero-order chi connectivity index (χ0) is 17.7. The number of anilines is 1. The van der Waals surface area contributed by atoms with Crippen molar-refractivity contribution < 1.29 is 13.2 Å². The summed E-state index contributed by atoms with van der Waals surface area (Å²) in [6, 6.07) is 1.57. The lowest BCUT2D eigenvalue weighted by Gasteiger charge is -2.29. The highest BCUT2D eigenvalue weighted by Gasteiger charge is 2.23. The van der Waals surface area contributed by atoms with Crippen molar-refractivity contribution in [2.75, 3.05) is 12.3 Å². The fourth-order valence-electron chi connectivity index (χ4n) is 2.83. The van der Waals surface area contributed by atoms with Gasteiger partial charge in [-0.1, -0.05) is 19.8 Å². The minimum atomic E-state index is -3.80. The standard InChI is InChI=1S/C15H23BrN4O3S/c1-10-4-2-3-5-12(10)20-14(21)6-7-19-24(22,23)13-8-11(16)9-18-15(13)17/h8-10,12,19H,2-7H2,1H3,(H2,17,18)(H,20,21)/t10-,12+/m1/s1. The first kappa shape index (κ1) is 19.1. The average Bonchev–Trinajstić information content (AvgIpc) is 2.51. The summed E-state index contributed by atoms with van der Waals surface area (Å²) in [5.41, 5.74) is 5.62. The fourth-order valence-corrected chi connectivity index (χ4v) is 4.45. The third-order valence-corrected chi connectivity index (χ3v) is 6.16. The maximum atomic E-state index is 12.2. The average molecular weight is 419 g/mol. The van der Waals surface area contributed by atoms with Crippen molar-refractivity contribution in [1.29, 1.82) is 0 Å². The summed E-state index contributed by atoms with van der Waals surface area (Å²) in [6.07, 6.45) is 5.94. The third kappa shape index (κ3) is 5.15. The molecule has 1 saturated carbocycles. The monoisotopic (exact) mass is 418 g/mol. The van der Waals surface area contributed by atoms with Gasteiger partial charge in [-0.05, 0) is 40.8 Å². The molecule has 1 amide bonds. The van der Waals surface area contributed by atoms with Crippen LogP contribution in [0.15, 0.2) is 21.6 Å². The number of carbonyl (C=O) groups is 1. The fraction of sp³-hybridized carbons (Fsp3) is 0.600. The molecule has 2 atom stereocenters. The molecule has 134 valence electrons. The van der Waals surface area contributed by atoms with Gasteiger partial charge in [0.25, 0.3) is 0 Å². The molecule has 0 bridgehead atoms. The number of amides is 1. The molecule has 1 aromatic rings. The lowest BCUT2D eigenvalue weighted by Crippen LogP contribution is -2.42. The summed E-state index contributed by atoms with van der Waals surface area (Å²) >= 11 is 3.17. The van der Waals surface area contributed by atoms with Crippen molar-refractivity contribution in [1.82, 2.24) is 15.0 Å². The minimum absolute atomic E-state index is 0.0151. The van der Waals surface area contributed by atoms with E-state index in [4.69, 9.17) is 5.73 Å². The summed E-state index contributed by atoms with van der Waals surface area (Å²) in [6.45, 7) is 2.15. The Labute approximate surface area is 151 Å². The van der Waals surface area contributed by atoms with Crippen LogP contribution in [0.4, 0.5) is 5.82 Å². The normalized spacial score (nSPS) is 21.4. The molecule has 1 aromatic heterocycles. The number of carbonyl (C=O) groups excluding carboxylic acids is 1. The van der Waals surface area contributed by atoms with E-state index in [0.717, 1.165) is 19.3 Å². The second-order valence-electron chi connectivity index (χ2n) is 6.12. The van der Waals surface area contributed by atoms with E-state index in [2.05, 4.69) is 37.9 Å². The van der Waals surface area contributed by atoms with Crippen molar-refractivity contribution in [3.8, 4) is 0 Å². The SMILES string of the molecule is C[C@@H]1CCCC[C@@H]1NC(=O)CCNS(=O)(=O)c1cc(Br)cnc1N. The first-order chi connectivity index (χ1) is 11.3. The van der Waals surface area contributed by atoms with Gasteiger partial charge in [-0.15, -0.1) is 0 Å². The van der Waals surface area contributed by atoms with E-state index in [1.165, 1.54) is 18.7 Å². The summed E-state index contributed by atoms with van der Waals surface area (Å²) < 4.78 is 27.4. The molecule has 0 spiro atoms. The summed E-state index contributed by atoms with van der Waals surface area (Å²) in [5, 5.41) is 3.00. The van der Waals surface area contributed by atoms with Crippen LogP contribution in [0.5, 0.6) is 0 Å². The Morgan fingerprint density at radius 1 is 1.42 bits per heavy atom. The lowest BCUT2D eigenvalue weighted by atomic mass is 9.86. The third-order valence-electron chi connectivity index (χ3n) is 4.24. The van der Waals surface area contributed by atoms with E-state index in [1.54, 1.807) is 0 Å². The van der Waals surface area contributed by atoms with Crippen molar-refractivity contribution >= 4 is 37.7 Å².